The fourth-order valence-electron chi connectivity index (χ4n) is 3.67. The van der Waals surface area contributed by atoms with E-state index in [4.69, 9.17) is 4.74 Å². The minimum atomic E-state index is 0.436. The summed E-state index contributed by atoms with van der Waals surface area (Å²) in [4.78, 5) is 4.21. The summed E-state index contributed by atoms with van der Waals surface area (Å²) in [5, 5.41) is 7.76. The van der Waals surface area contributed by atoms with Crippen LogP contribution in [0.5, 0.6) is 5.75 Å². The van der Waals surface area contributed by atoms with Crippen molar-refractivity contribution in [2.75, 3.05) is 0 Å². The van der Waals surface area contributed by atoms with E-state index in [1.807, 2.05) is 19.2 Å². The highest BCUT2D eigenvalue weighted by Gasteiger charge is 2.16. The molecule has 5 heteroatoms. The number of hydrogen-bond acceptors (Lipinski definition) is 4. The average molecular weight is 342 g/mol. The van der Waals surface area contributed by atoms with Crippen LogP contribution in [0.3, 0.4) is 0 Å². The maximum absolute atomic E-state index is 5.98. The molecule has 0 saturated heterocycles. The zero-order chi connectivity index (χ0) is 17.5. The van der Waals surface area contributed by atoms with Gasteiger partial charge in [-0.3, -0.25) is 4.68 Å². The summed E-state index contributed by atoms with van der Waals surface area (Å²) < 4.78 is 7.72. The van der Waals surface area contributed by atoms with Crippen LogP contribution in [0.1, 0.15) is 56.8 Å². The molecule has 0 bridgehead atoms. The first-order chi connectivity index (χ1) is 12.2. The minimum Gasteiger partial charge on any atom is -0.485 e. The SMILES string of the molecule is CC(CC1CCCCC1)NCc1ccccc1OCc1ncnn1C. The first kappa shape index (κ1) is 17.9. The van der Waals surface area contributed by atoms with Crippen LogP contribution >= 0.6 is 0 Å². The fraction of sp³-hybridized carbons (Fsp3) is 0.600. The third kappa shape index (κ3) is 5.30. The van der Waals surface area contributed by atoms with Crippen LogP contribution < -0.4 is 10.1 Å². The zero-order valence-corrected chi connectivity index (χ0v) is 15.4. The molecule has 1 aliphatic rings. The molecule has 0 aliphatic heterocycles. The van der Waals surface area contributed by atoms with Gasteiger partial charge in [0, 0.05) is 25.2 Å². The molecule has 1 fully saturated rings. The number of aryl methyl sites for hydroxylation is 1. The van der Waals surface area contributed by atoms with Crippen LogP contribution in [0.15, 0.2) is 30.6 Å². The Bertz CT molecular complexity index is 649. The van der Waals surface area contributed by atoms with Gasteiger partial charge in [0.15, 0.2) is 5.82 Å². The second-order valence-corrected chi connectivity index (χ2v) is 7.22. The first-order valence-electron chi connectivity index (χ1n) is 9.49. The molecular weight excluding hydrogens is 312 g/mol. The molecule has 1 aromatic heterocycles. The molecule has 1 saturated carbocycles. The highest BCUT2D eigenvalue weighted by Crippen LogP contribution is 2.27. The Morgan fingerprint density at radius 3 is 2.80 bits per heavy atom. The molecule has 2 aromatic rings. The molecule has 1 aliphatic carbocycles. The Kier molecular flexibility index (Phi) is 6.45. The molecule has 0 spiro atoms. The van der Waals surface area contributed by atoms with E-state index in [2.05, 4.69) is 34.5 Å². The molecule has 1 N–H and O–H groups in total. The van der Waals surface area contributed by atoms with Gasteiger partial charge in [0.1, 0.15) is 18.7 Å². The number of aromatic nitrogens is 3. The highest BCUT2D eigenvalue weighted by atomic mass is 16.5. The van der Waals surface area contributed by atoms with E-state index >= 15 is 0 Å². The topological polar surface area (TPSA) is 52.0 Å². The monoisotopic (exact) mass is 342 g/mol. The molecule has 1 aromatic carbocycles. The molecule has 1 heterocycles. The number of ether oxygens (including phenoxy) is 1. The van der Waals surface area contributed by atoms with Crippen LogP contribution in [0, 0.1) is 5.92 Å². The van der Waals surface area contributed by atoms with Gasteiger partial charge in [-0.1, -0.05) is 50.3 Å². The Morgan fingerprint density at radius 1 is 1.24 bits per heavy atom. The lowest BCUT2D eigenvalue weighted by Crippen LogP contribution is -2.28. The summed E-state index contributed by atoms with van der Waals surface area (Å²) in [5.74, 6) is 2.65. The van der Waals surface area contributed by atoms with Crippen molar-refractivity contribution < 1.29 is 4.74 Å². The van der Waals surface area contributed by atoms with Crippen LogP contribution in [-0.2, 0) is 20.2 Å². The van der Waals surface area contributed by atoms with Crippen LogP contribution in [0.2, 0.25) is 0 Å². The van der Waals surface area contributed by atoms with Gasteiger partial charge >= 0.3 is 0 Å². The van der Waals surface area contributed by atoms with Crippen molar-refractivity contribution in [1.29, 1.82) is 0 Å². The number of hydrogen-bond donors (Lipinski definition) is 1. The normalized spacial score (nSPS) is 16.7. The van der Waals surface area contributed by atoms with Crippen molar-refractivity contribution in [3.8, 4) is 5.75 Å². The van der Waals surface area contributed by atoms with E-state index in [0.29, 0.717) is 12.6 Å². The summed E-state index contributed by atoms with van der Waals surface area (Å²) >= 11 is 0. The van der Waals surface area contributed by atoms with Crippen molar-refractivity contribution in [2.24, 2.45) is 13.0 Å². The minimum absolute atomic E-state index is 0.436. The molecule has 1 unspecified atom stereocenters. The average Bonchev–Trinajstić information content (AvgIpc) is 3.05. The summed E-state index contributed by atoms with van der Waals surface area (Å²) in [7, 11) is 1.88. The lowest BCUT2D eigenvalue weighted by molar-refractivity contribution is 0.283. The third-order valence-electron chi connectivity index (χ3n) is 5.19. The Balaban J connectivity index is 1.50. The molecule has 0 radical (unpaired) electrons. The van der Waals surface area contributed by atoms with E-state index in [0.717, 1.165) is 24.0 Å². The van der Waals surface area contributed by atoms with Crippen LogP contribution in [0.25, 0.3) is 0 Å². The van der Waals surface area contributed by atoms with Crippen molar-refractivity contribution in [3.63, 3.8) is 0 Å². The van der Waals surface area contributed by atoms with Gasteiger partial charge in [-0.25, -0.2) is 4.98 Å². The van der Waals surface area contributed by atoms with Gasteiger partial charge in [-0.15, -0.1) is 0 Å². The smallest absolute Gasteiger partial charge is 0.164 e. The Hall–Kier alpha value is -1.88. The molecular formula is C20H30N4O. The van der Waals surface area contributed by atoms with Gasteiger partial charge < -0.3 is 10.1 Å². The van der Waals surface area contributed by atoms with Crippen LogP contribution in [0.4, 0.5) is 0 Å². The maximum atomic E-state index is 5.98. The number of benzene rings is 1. The largest absolute Gasteiger partial charge is 0.485 e. The molecule has 3 rings (SSSR count). The van der Waals surface area contributed by atoms with E-state index in [9.17, 15) is 0 Å². The van der Waals surface area contributed by atoms with Crippen molar-refractivity contribution in [3.05, 3.63) is 42.0 Å². The molecule has 5 nitrogen and oxygen atoms in total. The van der Waals surface area contributed by atoms with Gasteiger partial charge in [-0.2, -0.15) is 5.10 Å². The van der Waals surface area contributed by atoms with E-state index < -0.39 is 0 Å². The van der Waals surface area contributed by atoms with Gasteiger partial charge in [0.2, 0.25) is 0 Å². The van der Waals surface area contributed by atoms with Crippen molar-refractivity contribution >= 4 is 0 Å². The van der Waals surface area contributed by atoms with Crippen molar-refractivity contribution in [1.82, 2.24) is 20.1 Å². The lowest BCUT2D eigenvalue weighted by atomic mass is 9.85. The summed E-state index contributed by atoms with van der Waals surface area (Å²) in [6.07, 6.45) is 9.90. The van der Waals surface area contributed by atoms with Gasteiger partial charge in [-0.05, 0) is 25.3 Å². The second-order valence-electron chi connectivity index (χ2n) is 7.22. The van der Waals surface area contributed by atoms with E-state index in [1.54, 1.807) is 11.0 Å². The molecule has 0 amide bonds. The Labute approximate surface area is 150 Å². The molecule has 136 valence electrons. The standard InChI is InChI=1S/C20H30N4O/c1-16(12-17-8-4-3-5-9-17)21-13-18-10-6-7-11-19(18)25-14-20-22-15-23-24(20)2/h6-7,10-11,15-17,21H,3-5,8-9,12-14H2,1-2H3. The first-order valence-corrected chi connectivity index (χ1v) is 9.49. The van der Waals surface area contributed by atoms with Gasteiger partial charge in [0.05, 0.1) is 0 Å². The maximum Gasteiger partial charge on any atom is 0.164 e. The fourth-order valence-corrected chi connectivity index (χ4v) is 3.67. The van der Waals surface area contributed by atoms with Gasteiger partial charge in [0.25, 0.3) is 0 Å². The molecule has 25 heavy (non-hydrogen) atoms. The number of rotatable bonds is 8. The zero-order valence-electron chi connectivity index (χ0n) is 15.4. The van der Waals surface area contributed by atoms with E-state index in [1.165, 1.54) is 44.1 Å². The van der Waals surface area contributed by atoms with E-state index in [-0.39, 0.29) is 0 Å². The number of para-hydroxylation sites is 1. The van der Waals surface area contributed by atoms with Crippen LogP contribution in [-0.4, -0.2) is 20.8 Å². The predicted molar refractivity (Wildman–Crippen MR) is 99.3 cm³/mol. The quantitative estimate of drug-likeness (QED) is 0.792. The summed E-state index contributed by atoms with van der Waals surface area (Å²) in [6.45, 7) is 3.58. The van der Waals surface area contributed by atoms with Crippen molar-refractivity contribution in [2.45, 2.75) is 64.6 Å². The summed E-state index contributed by atoms with van der Waals surface area (Å²) in [6, 6.07) is 8.78. The number of nitrogens with one attached hydrogen (secondary N) is 1. The highest BCUT2D eigenvalue weighted by molar-refractivity contribution is 5.33. The predicted octanol–water partition coefficient (Wildman–Crippen LogP) is 3.84. The lowest BCUT2D eigenvalue weighted by Gasteiger charge is -2.25. The summed E-state index contributed by atoms with van der Waals surface area (Å²) in [5.41, 5.74) is 1.19. The Morgan fingerprint density at radius 2 is 2.04 bits per heavy atom. The second kappa shape index (κ2) is 8.99. The molecule has 1 atom stereocenters. The third-order valence-corrected chi connectivity index (χ3v) is 5.19. The number of nitrogens with zero attached hydrogens (tertiary/aromatic N) is 3.